The summed E-state index contributed by atoms with van der Waals surface area (Å²) in [6.07, 6.45) is 0. The van der Waals surface area contributed by atoms with E-state index in [9.17, 15) is 0 Å². The molecule has 1 aromatic heterocycles. The van der Waals surface area contributed by atoms with Crippen LogP contribution in [0.25, 0.3) is 104 Å². The van der Waals surface area contributed by atoms with Crippen LogP contribution in [0.15, 0.2) is 243 Å². The van der Waals surface area contributed by atoms with Crippen LogP contribution in [0.5, 0.6) is 0 Å². The second kappa shape index (κ2) is 14.6. The van der Waals surface area contributed by atoms with Crippen molar-refractivity contribution in [2.24, 2.45) is 0 Å². The van der Waals surface area contributed by atoms with Crippen molar-refractivity contribution in [3.8, 4) is 27.9 Å². The van der Waals surface area contributed by atoms with Crippen molar-refractivity contribution in [2.75, 3.05) is 4.90 Å². The maximum atomic E-state index is 2.47. The zero-order valence-corrected chi connectivity index (χ0v) is 35.0. The summed E-state index contributed by atoms with van der Waals surface area (Å²) in [4.78, 5) is 2.46. The fraction of sp³-hybridized carbons (Fsp3) is 0. The van der Waals surface area contributed by atoms with Gasteiger partial charge in [0.2, 0.25) is 0 Å². The average molecular weight is 813 g/mol. The minimum absolute atomic E-state index is 1.08. The third kappa shape index (κ3) is 5.66. The minimum Gasteiger partial charge on any atom is -0.310 e. The first-order valence-corrected chi connectivity index (χ1v) is 22.1. The first kappa shape index (κ1) is 36.2. The molecule has 13 aromatic rings. The highest BCUT2D eigenvalue weighted by Crippen LogP contribution is 2.48. The Morgan fingerprint density at radius 2 is 0.719 bits per heavy atom. The Hall–Kier alpha value is -8.46. The van der Waals surface area contributed by atoms with Crippen LogP contribution in [0.3, 0.4) is 0 Å². The summed E-state index contributed by atoms with van der Waals surface area (Å²) in [6.45, 7) is 0. The van der Waals surface area contributed by atoms with Crippen molar-refractivity contribution in [2.45, 2.75) is 0 Å². The number of benzene rings is 12. The van der Waals surface area contributed by atoms with E-state index in [-0.39, 0.29) is 0 Å². The van der Waals surface area contributed by atoms with Gasteiger partial charge in [-0.2, -0.15) is 0 Å². The first-order chi connectivity index (χ1) is 31.8. The van der Waals surface area contributed by atoms with Crippen LogP contribution >= 0.6 is 0 Å². The van der Waals surface area contributed by atoms with Crippen molar-refractivity contribution < 1.29 is 0 Å². The van der Waals surface area contributed by atoms with Gasteiger partial charge in [0.25, 0.3) is 0 Å². The lowest BCUT2D eigenvalue weighted by molar-refractivity contribution is 1.19. The highest BCUT2D eigenvalue weighted by molar-refractivity contribution is 6.22. The van der Waals surface area contributed by atoms with Gasteiger partial charge in [-0.25, -0.2) is 0 Å². The molecule has 13 rings (SSSR count). The molecule has 0 aliphatic carbocycles. The highest BCUT2D eigenvalue weighted by Gasteiger charge is 2.22. The molecule has 64 heavy (non-hydrogen) atoms. The lowest BCUT2D eigenvalue weighted by Crippen LogP contribution is -2.10. The summed E-state index contributed by atoms with van der Waals surface area (Å²) in [5.74, 6) is 0. The lowest BCUT2D eigenvalue weighted by Gasteiger charge is -2.27. The largest absolute Gasteiger partial charge is 0.310 e. The van der Waals surface area contributed by atoms with E-state index in [1.54, 1.807) is 0 Å². The predicted octanol–water partition coefficient (Wildman–Crippen LogP) is 17.4. The van der Waals surface area contributed by atoms with Crippen LogP contribution in [0, 0.1) is 0 Å². The highest BCUT2D eigenvalue weighted by atomic mass is 15.1. The van der Waals surface area contributed by atoms with Gasteiger partial charge in [0, 0.05) is 33.2 Å². The quantitative estimate of drug-likeness (QED) is 0.152. The predicted molar refractivity (Wildman–Crippen MR) is 274 cm³/mol. The second-order valence-corrected chi connectivity index (χ2v) is 16.8. The number of hydrogen-bond donors (Lipinski definition) is 0. The van der Waals surface area contributed by atoms with Crippen LogP contribution < -0.4 is 4.90 Å². The topological polar surface area (TPSA) is 8.17 Å². The van der Waals surface area contributed by atoms with Gasteiger partial charge in [0.05, 0.1) is 16.7 Å². The van der Waals surface area contributed by atoms with E-state index in [1.165, 1.54) is 98.1 Å². The number of rotatable bonds is 6. The molecule has 0 spiro atoms. The zero-order valence-electron chi connectivity index (χ0n) is 35.0. The van der Waals surface area contributed by atoms with Crippen molar-refractivity contribution in [3.05, 3.63) is 243 Å². The molecule has 298 valence electrons. The monoisotopic (exact) mass is 812 g/mol. The van der Waals surface area contributed by atoms with Gasteiger partial charge in [0.15, 0.2) is 0 Å². The van der Waals surface area contributed by atoms with Crippen molar-refractivity contribution in [3.63, 3.8) is 0 Å². The normalized spacial score (nSPS) is 11.8. The van der Waals surface area contributed by atoms with E-state index >= 15 is 0 Å². The van der Waals surface area contributed by atoms with Crippen LogP contribution in [-0.4, -0.2) is 4.57 Å². The van der Waals surface area contributed by atoms with E-state index in [2.05, 4.69) is 252 Å². The van der Waals surface area contributed by atoms with Crippen molar-refractivity contribution in [1.29, 1.82) is 0 Å². The number of para-hydroxylation sites is 1. The molecule has 1 heterocycles. The van der Waals surface area contributed by atoms with E-state index in [1.807, 2.05) is 0 Å². The van der Waals surface area contributed by atoms with Crippen molar-refractivity contribution >= 4 is 92.7 Å². The summed E-state index contributed by atoms with van der Waals surface area (Å²) in [5.41, 5.74) is 11.7. The van der Waals surface area contributed by atoms with Crippen molar-refractivity contribution in [1.82, 2.24) is 4.57 Å². The number of aromatic nitrogens is 1. The first-order valence-electron chi connectivity index (χ1n) is 22.1. The number of hydrogen-bond acceptors (Lipinski definition) is 1. The van der Waals surface area contributed by atoms with E-state index < -0.39 is 0 Å². The van der Waals surface area contributed by atoms with Gasteiger partial charge in [-0.15, -0.1) is 0 Å². The molecule has 0 N–H and O–H groups in total. The Labute approximate surface area is 371 Å². The smallest absolute Gasteiger partial charge is 0.0562 e. The van der Waals surface area contributed by atoms with Gasteiger partial charge < -0.3 is 9.47 Å². The molecule has 0 atom stereocenters. The molecule has 0 unspecified atom stereocenters. The van der Waals surface area contributed by atoms with E-state index in [0.717, 1.165) is 22.6 Å². The summed E-state index contributed by atoms with van der Waals surface area (Å²) in [6, 6.07) is 89.3. The fourth-order valence-electron chi connectivity index (χ4n) is 10.5. The van der Waals surface area contributed by atoms with Gasteiger partial charge >= 0.3 is 0 Å². The zero-order chi connectivity index (χ0) is 42.1. The molecule has 2 nitrogen and oxygen atoms in total. The van der Waals surface area contributed by atoms with Gasteiger partial charge in [0.1, 0.15) is 0 Å². The second-order valence-electron chi connectivity index (χ2n) is 16.8. The Balaban J connectivity index is 1.12. The number of anilines is 3. The number of nitrogens with zero attached hydrogens (tertiary/aromatic N) is 2. The number of fused-ring (bicyclic) bond motifs is 10. The van der Waals surface area contributed by atoms with E-state index in [0.29, 0.717) is 0 Å². The average Bonchev–Trinajstić information content (AvgIpc) is 3.69. The molecule has 0 aliphatic rings. The molecule has 12 aromatic carbocycles. The standard InChI is InChI=1S/C62H40N2/c1-3-18-43(19-4-1)61-56-27-12-11-25-52(56)53-36-33-47(39-57(53)62(61)44-20-5-2-6-21-44)63(46-32-35-50-45(38-46)31-30-42-17-7-9-23-49(42)50)48-34-37-55-54-26-13-14-28-59(54)64(60(55)40-48)58-29-15-22-41-16-8-10-24-51(41)58/h1-40H. The molecular formula is C62H40N2. The maximum Gasteiger partial charge on any atom is 0.0562 e. The van der Waals surface area contributed by atoms with Crippen LogP contribution in [0.4, 0.5) is 17.1 Å². The van der Waals surface area contributed by atoms with E-state index in [4.69, 9.17) is 0 Å². The fourth-order valence-corrected chi connectivity index (χ4v) is 10.5. The van der Waals surface area contributed by atoms with Crippen LogP contribution in [0.2, 0.25) is 0 Å². The van der Waals surface area contributed by atoms with Crippen LogP contribution in [0.1, 0.15) is 0 Å². The molecule has 0 aliphatic heterocycles. The molecule has 0 fully saturated rings. The summed E-state index contributed by atoms with van der Waals surface area (Å²) < 4.78 is 2.47. The third-order valence-corrected chi connectivity index (χ3v) is 13.3. The summed E-state index contributed by atoms with van der Waals surface area (Å²) in [5, 5.41) is 14.8. The SMILES string of the molecule is c1ccc(-c2c(-c3ccccc3)c3cc(N(c4ccc5c(ccc6ccccc65)c4)c4ccc5c6ccccc6n(-c6cccc7ccccc67)c5c4)ccc3c3ccccc23)cc1. The Kier molecular flexibility index (Phi) is 8.25. The summed E-state index contributed by atoms with van der Waals surface area (Å²) >= 11 is 0. The maximum absolute atomic E-state index is 2.47. The minimum atomic E-state index is 1.08. The Morgan fingerprint density at radius 1 is 0.250 bits per heavy atom. The lowest BCUT2D eigenvalue weighted by atomic mass is 9.85. The molecule has 2 heteroatoms. The molecule has 0 amide bonds. The third-order valence-electron chi connectivity index (χ3n) is 13.3. The molecular weight excluding hydrogens is 773 g/mol. The summed E-state index contributed by atoms with van der Waals surface area (Å²) in [7, 11) is 0. The molecule has 0 saturated carbocycles. The molecule has 0 radical (unpaired) electrons. The van der Waals surface area contributed by atoms with Crippen LogP contribution in [-0.2, 0) is 0 Å². The molecule has 0 saturated heterocycles. The molecule has 0 bridgehead atoms. The Bertz CT molecular complexity index is 3950. The van der Waals surface area contributed by atoms with Gasteiger partial charge in [-0.1, -0.05) is 194 Å². The van der Waals surface area contributed by atoms with Gasteiger partial charge in [-0.3, -0.25) is 0 Å². The Morgan fingerprint density at radius 3 is 1.47 bits per heavy atom. The van der Waals surface area contributed by atoms with Gasteiger partial charge in [-0.05, 0) is 119 Å².